The molecule has 1 aromatic rings. The van der Waals surface area contributed by atoms with Crippen molar-refractivity contribution in [2.45, 2.75) is 50.0 Å². The molecule has 2 heterocycles. The van der Waals surface area contributed by atoms with E-state index in [1.807, 2.05) is 0 Å². The van der Waals surface area contributed by atoms with E-state index in [0.29, 0.717) is 25.1 Å². The minimum absolute atomic E-state index is 0.0863. The second-order valence-electron chi connectivity index (χ2n) is 7.63. The molecule has 0 unspecified atom stereocenters. The van der Waals surface area contributed by atoms with Gasteiger partial charge in [-0.3, -0.25) is 9.69 Å². The number of aliphatic hydroxyl groups excluding tert-OH is 1. The van der Waals surface area contributed by atoms with Crippen molar-refractivity contribution in [1.82, 2.24) is 15.5 Å². The summed E-state index contributed by atoms with van der Waals surface area (Å²) in [5.41, 5.74) is 0.762. The summed E-state index contributed by atoms with van der Waals surface area (Å²) in [6, 6.07) is 4.33. The summed E-state index contributed by atoms with van der Waals surface area (Å²) in [6.07, 6.45) is 2.09. The second-order valence-corrected chi connectivity index (χ2v) is 7.63. The number of fused-ring (bicyclic) bond motifs is 3. The highest BCUT2D eigenvalue weighted by atomic mass is 16.5. The van der Waals surface area contributed by atoms with Crippen LogP contribution in [0.15, 0.2) is 36.4 Å². The molecule has 2 aliphatic heterocycles. The molecule has 2 amide bonds. The van der Waals surface area contributed by atoms with Gasteiger partial charge in [-0.1, -0.05) is 24.3 Å². The number of amides is 2. The lowest BCUT2D eigenvalue weighted by Crippen LogP contribution is -2.57. The molecular weight excluding hydrogens is 406 g/mol. The number of hydrogen-bond acceptors (Lipinski definition) is 6. The molecule has 0 saturated carbocycles. The van der Waals surface area contributed by atoms with Gasteiger partial charge in [0.25, 0.3) is 0 Å². The van der Waals surface area contributed by atoms with Crippen molar-refractivity contribution in [3.63, 3.8) is 0 Å². The van der Waals surface area contributed by atoms with Gasteiger partial charge in [0.05, 0.1) is 12.1 Å². The quantitative estimate of drug-likeness (QED) is 0.425. The summed E-state index contributed by atoms with van der Waals surface area (Å²) < 4.78 is 5.65. The molecule has 10 heteroatoms. The maximum atomic E-state index is 12.8. The van der Waals surface area contributed by atoms with Gasteiger partial charge in [-0.15, -0.1) is 0 Å². The first-order valence-corrected chi connectivity index (χ1v) is 10.2. The van der Waals surface area contributed by atoms with Crippen molar-refractivity contribution < 1.29 is 34.4 Å². The predicted molar refractivity (Wildman–Crippen MR) is 110 cm³/mol. The Morgan fingerprint density at radius 2 is 2.03 bits per heavy atom. The van der Waals surface area contributed by atoms with Gasteiger partial charge in [-0.25, -0.2) is 9.59 Å². The Bertz CT molecular complexity index is 844. The minimum Gasteiger partial charge on any atom is -0.490 e. The van der Waals surface area contributed by atoms with Gasteiger partial charge >= 0.3 is 12.1 Å². The first-order valence-electron chi connectivity index (χ1n) is 10.2. The highest BCUT2D eigenvalue weighted by Crippen LogP contribution is 2.23. The Morgan fingerprint density at radius 1 is 1.23 bits per heavy atom. The molecule has 5 N–H and O–H groups in total. The number of benzene rings is 1. The third kappa shape index (κ3) is 5.96. The van der Waals surface area contributed by atoms with Gasteiger partial charge in [0.15, 0.2) is 0 Å². The fraction of sp³-hybridized carbons (Fsp3) is 0.476. The Labute approximate surface area is 179 Å². The lowest BCUT2D eigenvalue weighted by molar-refractivity contribution is -0.143. The van der Waals surface area contributed by atoms with Crippen LogP contribution in [0.5, 0.6) is 5.75 Å². The van der Waals surface area contributed by atoms with Gasteiger partial charge in [0.2, 0.25) is 5.91 Å². The van der Waals surface area contributed by atoms with E-state index >= 15 is 0 Å². The van der Waals surface area contributed by atoms with Crippen molar-refractivity contribution in [2.24, 2.45) is 0 Å². The average molecular weight is 433 g/mol. The van der Waals surface area contributed by atoms with Gasteiger partial charge in [-0.2, -0.15) is 0 Å². The van der Waals surface area contributed by atoms with E-state index < -0.39 is 42.3 Å². The van der Waals surface area contributed by atoms with Crippen LogP contribution in [-0.4, -0.2) is 75.7 Å². The lowest BCUT2D eigenvalue weighted by Gasteiger charge is -2.34. The predicted octanol–water partition coefficient (Wildman–Crippen LogP) is 0.556. The number of hydrogen-bond donors (Lipinski definition) is 5. The number of carboxylic acid groups (broad SMARTS) is 2. The van der Waals surface area contributed by atoms with E-state index in [9.17, 15) is 29.7 Å². The highest BCUT2D eigenvalue weighted by molar-refractivity contribution is 5.87. The summed E-state index contributed by atoms with van der Waals surface area (Å²) in [5, 5.41) is 34.6. The van der Waals surface area contributed by atoms with Crippen molar-refractivity contribution in [1.29, 1.82) is 0 Å². The van der Waals surface area contributed by atoms with E-state index in [-0.39, 0.29) is 19.4 Å². The molecular formula is C21H27N3O7. The van der Waals surface area contributed by atoms with E-state index in [2.05, 4.69) is 10.6 Å². The molecule has 0 spiro atoms. The zero-order valence-electron chi connectivity index (χ0n) is 16.9. The largest absolute Gasteiger partial charge is 0.490 e. The van der Waals surface area contributed by atoms with Crippen LogP contribution in [0, 0.1) is 0 Å². The summed E-state index contributed by atoms with van der Waals surface area (Å²) in [6.45, 7) is 0.595. The van der Waals surface area contributed by atoms with Crippen LogP contribution in [0.4, 0.5) is 4.79 Å². The zero-order chi connectivity index (χ0) is 22.4. The minimum atomic E-state index is -1.29. The van der Waals surface area contributed by atoms with Crippen LogP contribution < -0.4 is 15.4 Å². The van der Waals surface area contributed by atoms with Crippen LogP contribution in [0.2, 0.25) is 0 Å². The van der Waals surface area contributed by atoms with Crippen LogP contribution in [0.1, 0.15) is 24.8 Å². The number of carbonyl (C=O) groups is 3. The Morgan fingerprint density at radius 3 is 2.77 bits per heavy atom. The molecule has 1 saturated heterocycles. The molecule has 1 aromatic carbocycles. The number of aliphatic carboxylic acids is 1. The normalized spacial score (nSPS) is 28.6. The molecule has 31 heavy (non-hydrogen) atoms. The fourth-order valence-electron chi connectivity index (χ4n) is 3.96. The summed E-state index contributed by atoms with van der Waals surface area (Å²) in [4.78, 5) is 37.3. The molecule has 0 radical (unpaired) electrons. The molecule has 0 aromatic heterocycles. The van der Waals surface area contributed by atoms with Crippen LogP contribution >= 0.6 is 0 Å². The van der Waals surface area contributed by atoms with Crippen molar-refractivity contribution in [2.75, 3.05) is 13.2 Å². The van der Waals surface area contributed by atoms with Crippen LogP contribution in [-0.2, 0) is 16.0 Å². The number of aliphatic hydroxyl groups is 1. The lowest BCUT2D eigenvalue weighted by atomic mass is 10.0. The molecule has 168 valence electrons. The molecule has 2 bridgehead atoms. The van der Waals surface area contributed by atoms with Crippen molar-refractivity contribution in [3.8, 4) is 5.75 Å². The van der Waals surface area contributed by atoms with Gasteiger partial charge in [0.1, 0.15) is 24.6 Å². The Kier molecular flexibility index (Phi) is 7.48. The van der Waals surface area contributed by atoms with E-state index in [0.717, 1.165) is 5.56 Å². The number of rotatable bonds is 2. The first kappa shape index (κ1) is 22.6. The Balaban J connectivity index is 1.92. The second kappa shape index (κ2) is 10.3. The number of carboxylic acids is 1. The number of carbonyl (C=O) groups excluding carboxylic acids is 1. The van der Waals surface area contributed by atoms with E-state index in [1.54, 1.807) is 36.4 Å². The van der Waals surface area contributed by atoms with Gasteiger partial charge in [0, 0.05) is 6.54 Å². The van der Waals surface area contributed by atoms with Crippen LogP contribution in [0.3, 0.4) is 0 Å². The topological polar surface area (TPSA) is 148 Å². The SMILES string of the molecule is O=C(O)N[C@H]1Cc2cccc(c2)OC/C=C\C[C@H](C(=O)O)NC(=O)[C@@H]2CCCN2[C@H]1O. The average Bonchev–Trinajstić information content (AvgIpc) is 3.20. The first-order chi connectivity index (χ1) is 14.8. The summed E-state index contributed by atoms with van der Waals surface area (Å²) >= 11 is 0. The van der Waals surface area contributed by atoms with Gasteiger partial charge < -0.3 is 30.7 Å². The number of nitrogens with zero attached hydrogens (tertiary/aromatic N) is 1. The fourth-order valence-corrected chi connectivity index (χ4v) is 3.96. The van der Waals surface area contributed by atoms with Crippen LogP contribution in [0.25, 0.3) is 0 Å². The number of nitrogens with one attached hydrogen (secondary N) is 2. The Hall–Kier alpha value is -3.11. The molecule has 4 atom stereocenters. The van der Waals surface area contributed by atoms with E-state index in [1.165, 1.54) is 4.90 Å². The van der Waals surface area contributed by atoms with Crippen molar-refractivity contribution >= 4 is 18.0 Å². The monoisotopic (exact) mass is 433 g/mol. The molecule has 3 rings (SSSR count). The molecule has 10 nitrogen and oxygen atoms in total. The highest BCUT2D eigenvalue weighted by Gasteiger charge is 2.39. The summed E-state index contributed by atoms with van der Waals surface area (Å²) in [5.74, 6) is -1.10. The molecule has 0 aliphatic carbocycles. The number of ether oxygens (including phenoxy) is 1. The van der Waals surface area contributed by atoms with Crippen molar-refractivity contribution in [3.05, 3.63) is 42.0 Å². The third-order valence-electron chi connectivity index (χ3n) is 5.46. The van der Waals surface area contributed by atoms with Gasteiger partial charge in [-0.05, 0) is 43.4 Å². The standard InChI is InChI=1S/C21H27N3O7/c25-18-17-8-4-9-24(17)19(26)16(23-21(29)30)12-13-5-3-6-14(11-13)31-10-2-1-7-15(22-18)20(27)28/h1-3,5-6,11,15-17,19,23,26H,4,7-10,12H2,(H,22,25)(H,27,28)(H,29,30)/b2-1-/t15-,16+,17+,19+/m1/s1. The maximum Gasteiger partial charge on any atom is 0.405 e. The zero-order valence-corrected chi connectivity index (χ0v) is 16.9. The molecule has 2 aliphatic rings. The third-order valence-corrected chi connectivity index (χ3v) is 5.46. The maximum absolute atomic E-state index is 12.8. The molecule has 1 fully saturated rings. The smallest absolute Gasteiger partial charge is 0.405 e. The summed E-state index contributed by atoms with van der Waals surface area (Å²) in [7, 11) is 0. The van der Waals surface area contributed by atoms with E-state index in [4.69, 9.17) is 4.74 Å².